The molecule has 2 N–H and O–H groups in total. The first-order valence-corrected chi connectivity index (χ1v) is 6.10. The predicted octanol–water partition coefficient (Wildman–Crippen LogP) is 2.80. The molecule has 1 aromatic rings. The molecular weight excluding hydrogens is 278 g/mol. The fourth-order valence-corrected chi connectivity index (χ4v) is 2.03. The third-order valence-corrected chi connectivity index (χ3v) is 3.17. The van der Waals surface area contributed by atoms with Crippen LogP contribution in [0.2, 0.25) is 0 Å². The molecule has 1 unspecified atom stereocenters. The highest BCUT2D eigenvalue weighted by molar-refractivity contribution is 5.74. The van der Waals surface area contributed by atoms with Crippen molar-refractivity contribution in [3.63, 3.8) is 0 Å². The van der Waals surface area contributed by atoms with Crippen molar-refractivity contribution in [2.75, 3.05) is 0 Å². The molecule has 0 saturated heterocycles. The number of alkyl halides is 3. The monoisotopic (exact) mass is 291 g/mol. The van der Waals surface area contributed by atoms with Crippen LogP contribution in [0.3, 0.4) is 0 Å². The van der Waals surface area contributed by atoms with Crippen LogP contribution in [0.25, 0.3) is 0 Å². The van der Waals surface area contributed by atoms with Crippen LogP contribution in [0.4, 0.5) is 17.6 Å². The van der Waals surface area contributed by atoms with Crippen LogP contribution in [0, 0.1) is 11.7 Å². The van der Waals surface area contributed by atoms with Crippen molar-refractivity contribution in [2.24, 2.45) is 5.92 Å². The van der Waals surface area contributed by atoms with Gasteiger partial charge in [-0.15, -0.1) is 0 Å². The van der Waals surface area contributed by atoms with E-state index in [9.17, 15) is 22.4 Å². The first kappa shape index (κ1) is 14.8. The highest BCUT2D eigenvalue weighted by Crippen LogP contribution is 2.33. The normalized spacial score (nSPS) is 17.0. The van der Waals surface area contributed by atoms with Crippen molar-refractivity contribution < 1.29 is 27.5 Å². The number of carboxylic acid groups (broad SMARTS) is 1. The molecule has 0 radical (unpaired) electrons. The van der Waals surface area contributed by atoms with E-state index < -0.39 is 29.6 Å². The zero-order chi connectivity index (χ0) is 14.9. The fourth-order valence-electron chi connectivity index (χ4n) is 2.03. The number of halogens is 4. The second kappa shape index (κ2) is 5.40. The number of nitrogens with one attached hydrogen (secondary N) is 1. The number of rotatable bonds is 5. The van der Waals surface area contributed by atoms with E-state index >= 15 is 0 Å². The van der Waals surface area contributed by atoms with E-state index in [2.05, 4.69) is 5.32 Å². The van der Waals surface area contributed by atoms with Crippen LogP contribution in [-0.4, -0.2) is 17.1 Å². The molecule has 7 heteroatoms. The molecule has 0 amide bonds. The van der Waals surface area contributed by atoms with Crippen LogP contribution >= 0.6 is 0 Å². The van der Waals surface area contributed by atoms with Crippen molar-refractivity contribution >= 4 is 5.97 Å². The number of carboxylic acids is 1. The van der Waals surface area contributed by atoms with Gasteiger partial charge in [0.15, 0.2) is 0 Å². The van der Waals surface area contributed by atoms with Crippen LogP contribution in [0.1, 0.15) is 24.0 Å². The summed E-state index contributed by atoms with van der Waals surface area (Å²) in [4.78, 5) is 11.0. The lowest BCUT2D eigenvalue weighted by atomic mass is 10.1. The SMILES string of the molecule is O=C(O)C(NCc1cc(F)cc(C(F)(F)F)c1)C1CC1. The average molecular weight is 291 g/mol. The van der Waals surface area contributed by atoms with Crippen molar-refractivity contribution in [1.29, 1.82) is 0 Å². The minimum absolute atomic E-state index is 0.00291. The quantitative estimate of drug-likeness (QED) is 0.820. The smallest absolute Gasteiger partial charge is 0.416 e. The third-order valence-electron chi connectivity index (χ3n) is 3.17. The van der Waals surface area contributed by atoms with Crippen LogP contribution < -0.4 is 5.32 Å². The Kier molecular flexibility index (Phi) is 3.99. The number of hydrogen-bond acceptors (Lipinski definition) is 2. The Labute approximate surface area is 112 Å². The van der Waals surface area contributed by atoms with E-state index in [1.54, 1.807) is 0 Å². The van der Waals surface area contributed by atoms with Gasteiger partial charge in [0.2, 0.25) is 0 Å². The highest BCUT2D eigenvalue weighted by Gasteiger charge is 2.36. The summed E-state index contributed by atoms with van der Waals surface area (Å²) < 4.78 is 50.8. The molecular formula is C13H13F4NO2. The molecule has 110 valence electrons. The first-order valence-electron chi connectivity index (χ1n) is 6.10. The standard InChI is InChI=1S/C13H13F4NO2/c14-10-4-7(3-9(5-10)13(15,16)17)6-18-11(12(19)20)8-1-2-8/h3-5,8,11,18H,1-2,6H2,(H,19,20). The lowest BCUT2D eigenvalue weighted by Gasteiger charge is -2.14. The van der Waals surface area contributed by atoms with Crippen molar-refractivity contribution in [3.8, 4) is 0 Å². The topological polar surface area (TPSA) is 49.3 Å². The van der Waals surface area contributed by atoms with Gasteiger partial charge in [0.1, 0.15) is 11.9 Å². The second-order valence-corrected chi connectivity index (χ2v) is 4.88. The van der Waals surface area contributed by atoms with Crippen molar-refractivity contribution in [2.45, 2.75) is 31.6 Å². The summed E-state index contributed by atoms with van der Waals surface area (Å²) in [7, 11) is 0. The minimum Gasteiger partial charge on any atom is -0.480 e. The Morgan fingerprint density at radius 2 is 2.00 bits per heavy atom. The lowest BCUT2D eigenvalue weighted by Crippen LogP contribution is -2.38. The maximum Gasteiger partial charge on any atom is 0.416 e. The Balaban J connectivity index is 2.09. The van der Waals surface area contributed by atoms with Gasteiger partial charge in [-0.2, -0.15) is 13.2 Å². The van der Waals surface area contributed by atoms with Gasteiger partial charge in [-0.05, 0) is 42.5 Å². The molecule has 20 heavy (non-hydrogen) atoms. The van der Waals surface area contributed by atoms with Crippen LogP contribution in [0.5, 0.6) is 0 Å². The Morgan fingerprint density at radius 3 is 2.50 bits per heavy atom. The summed E-state index contributed by atoms with van der Waals surface area (Å²) in [6.45, 7) is -0.117. The van der Waals surface area contributed by atoms with E-state index in [1.807, 2.05) is 0 Å². The number of aliphatic carboxylic acids is 1. The van der Waals surface area contributed by atoms with Crippen LogP contribution in [-0.2, 0) is 17.5 Å². The van der Waals surface area contributed by atoms with Gasteiger partial charge < -0.3 is 10.4 Å². The number of benzene rings is 1. The predicted molar refractivity (Wildman–Crippen MR) is 62.4 cm³/mol. The summed E-state index contributed by atoms with van der Waals surface area (Å²) in [5.41, 5.74) is -1.00. The first-order chi connectivity index (χ1) is 9.27. The molecule has 0 aromatic heterocycles. The summed E-state index contributed by atoms with van der Waals surface area (Å²) in [5, 5.41) is 11.7. The molecule has 1 aliphatic rings. The number of carbonyl (C=O) groups is 1. The van der Waals surface area contributed by atoms with Crippen molar-refractivity contribution in [3.05, 3.63) is 35.1 Å². The number of hydrogen-bond donors (Lipinski definition) is 2. The molecule has 2 rings (SSSR count). The molecule has 0 aliphatic heterocycles. The van der Waals surface area contributed by atoms with E-state index in [1.165, 1.54) is 0 Å². The molecule has 1 fully saturated rings. The van der Waals surface area contributed by atoms with Gasteiger partial charge in [-0.3, -0.25) is 4.79 Å². The fraction of sp³-hybridized carbons (Fsp3) is 0.462. The maximum absolute atomic E-state index is 13.2. The molecule has 0 heterocycles. The van der Waals surface area contributed by atoms with Gasteiger partial charge >= 0.3 is 12.1 Å². The molecule has 1 aromatic carbocycles. The van der Waals surface area contributed by atoms with Gasteiger partial charge in [-0.1, -0.05) is 0 Å². The minimum atomic E-state index is -4.63. The molecule has 0 spiro atoms. The molecule has 1 aliphatic carbocycles. The average Bonchev–Trinajstić information content (AvgIpc) is 3.11. The molecule has 1 saturated carbocycles. The van der Waals surface area contributed by atoms with Crippen molar-refractivity contribution in [1.82, 2.24) is 5.32 Å². The second-order valence-electron chi connectivity index (χ2n) is 4.88. The molecule has 3 nitrogen and oxygen atoms in total. The summed E-state index contributed by atoms with van der Waals surface area (Å²) in [6, 6.07) is 1.40. The summed E-state index contributed by atoms with van der Waals surface area (Å²) in [5.74, 6) is -2.03. The van der Waals surface area contributed by atoms with Gasteiger partial charge in [0, 0.05) is 6.54 Å². The molecule has 1 atom stereocenters. The zero-order valence-electron chi connectivity index (χ0n) is 10.4. The van der Waals surface area contributed by atoms with E-state index in [0.717, 1.165) is 25.0 Å². The van der Waals surface area contributed by atoms with E-state index in [0.29, 0.717) is 6.07 Å². The van der Waals surface area contributed by atoms with E-state index in [-0.39, 0.29) is 18.0 Å². The highest BCUT2D eigenvalue weighted by atomic mass is 19.4. The van der Waals surface area contributed by atoms with Gasteiger partial charge in [0.25, 0.3) is 0 Å². The zero-order valence-corrected chi connectivity index (χ0v) is 10.4. The Bertz CT molecular complexity index is 512. The third kappa shape index (κ3) is 3.69. The lowest BCUT2D eigenvalue weighted by molar-refractivity contribution is -0.140. The van der Waals surface area contributed by atoms with Crippen LogP contribution in [0.15, 0.2) is 18.2 Å². The Morgan fingerprint density at radius 1 is 1.35 bits per heavy atom. The maximum atomic E-state index is 13.2. The molecule has 0 bridgehead atoms. The summed E-state index contributed by atoms with van der Waals surface area (Å²) in [6.07, 6.45) is -3.07. The van der Waals surface area contributed by atoms with Gasteiger partial charge in [0.05, 0.1) is 5.56 Å². The largest absolute Gasteiger partial charge is 0.480 e. The summed E-state index contributed by atoms with van der Waals surface area (Å²) >= 11 is 0. The van der Waals surface area contributed by atoms with Gasteiger partial charge in [-0.25, -0.2) is 4.39 Å². The van der Waals surface area contributed by atoms with E-state index in [4.69, 9.17) is 5.11 Å². The Hall–Kier alpha value is -1.63.